The zero-order valence-corrected chi connectivity index (χ0v) is 15.3. The van der Waals surface area contributed by atoms with Crippen LogP contribution in [-0.4, -0.2) is 31.5 Å². The van der Waals surface area contributed by atoms with Crippen molar-refractivity contribution >= 4 is 11.3 Å². The van der Waals surface area contributed by atoms with Crippen molar-refractivity contribution in [2.24, 2.45) is 0 Å². The van der Waals surface area contributed by atoms with E-state index in [4.69, 9.17) is 4.74 Å². The van der Waals surface area contributed by atoms with Crippen LogP contribution < -0.4 is 4.74 Å². The first-order valence-electron chi connectivity index (χ1n) is 8.45. The van der Waals surface area contributed by atoms with Gasteiger partial charge in [-0.2, -0.15) is 0 Å². The molecule has 0 unspecified atom stereocenters. The molecule has 2 heteroatoms. The van der Waals surface area contributed by atoms with Crippen molar-refractivity contribution in [1.82, 2.24) is 0 Å². The first-order valence-corrected chi connectivity index (χ1v) is 8.45. The van der Waals surface area contributed by atoms with Gasteiger partial charge in [-0.15, -0.1) is 0 Å². The first-order chi connectivity index (χ1) is 12.1. The summed E-state index contributed by atoms with van der Waals surface area (Å²) in [4.78, 5) is 0. The van der Waals surface area contributed by atoms with E-state index in [2.05, 4.69) is 86.3 Å². The van der Waals surface area contributed by atoms with E-state index in [-0.39, 0.29) is 0 Å². The van der Waals surface area contributed by atoms with Crippen LogP contribution in [0.3, 0.4) is 0 Å². The minimum Gasteiger partial charge on any atom is -0.497 e. The third-order valence-electron chi connectivity index (χ3n) is 4.41. The fourth-order valence-corrected chi connectivity index (χ4v) is 3.18. The maximum Gasteiger partial charge on any atom is 0.202 e. The van der Waals surface area contributed by atoms with Crippen LogP contribution in [0.25, 0.3) is 5.57 Å². The molecule has 0 N–H and O–H groups in total. The largest absolute Gasteiger partial charge is 0.497 e. The lowest BCUT2D eigenvalue weighted by Gasteiger charge is -2.15. The smallest absolute Gasteiger partial charge is 0.202 e. The average molecular weight is 330 g/mol. The summed E-state index contributed by atoms with van der Waals surface area (Å²) in [6.45, 7) is 2.16. The standard InChI is InChI=1S/C23H24NO/c1-17-16-20(12-15-22(17)24(2)3)23(18-8-6-5-7-9-18)19-10-13-21(25-4)14-11-19/h5-16H,1-4H3/q+1/b23-20-. The average Bonchev–Trinajstić information content (AvgIpc) is 2.63. The molecule has 0 fully saturated rings. The molecule has 0 heterocycles. The molecule has 1 aliphatic rings. The van der Waals surface area contributed by atoms with Crippen LogP contribution in [0.1, 0.15) is 18.1 Å². The highest BCUT2D eigenvalue weighted by molar-refractivity contribution is 6.07. The maximum atomic E-state index is 5.31. The normalized spacial score (nSPS) is 15.7. The van der Waals surface area contributed by atoms with Gasteiger partial charge in [0.15, 0.2) is 0 Å². The van der Waals surface area contributed by atoms with Crippen LogP contribution in [0.15, 0.2) is 84.0 Å². The monoisotopic (exact) mass is 330 g/mol. The number of hydrogen-bond acceptors (Lipinski definition) is 1. The predicted octanol–water partition coefficient (Wildman–Crippen LogP) is 4.73. The third-order valence-corrected chi connectivity index (χ3v) is 4.41. The molecule has 2 nitrogen and oxygen atoms in total. The Hall–Kier alpha value is -2.87. The van der Waals surface area contributed by atoms with Gasteiger partial charge in [0.2, 0.25) is 5.71 Å². The summed E-state index contributed by atoms with van der Waals surface area (Å²) >= 11 is 0. The Bertz CT molecular complexity index is 877. The topological polar surface area (TPSA) is 12.2 Å². The van der Waals surface area contributed by atoms with Crippen LogP contribution in [-0.2, 0) is 0 Å². The maximum absolute atomic E-state index is 5.31. The molecule has 0 radical (unpaired) electrons. The zero-order valence-electron chi connectivity index (χ0n) is 15.3. The van der Waals surface area contributed by atoms with Crippen LogP contribution in [0.2, 0.25) is 0 Å². The molecule has 2 aromatic rings. The molecule has 0 atom stereocenters. The van der Waals surface area contributed by atoms with E-state index in [0.717, 1.165) is 5.75 Å². The Labute approximate surface area is 150 Å². The molecule has 0 aliphatic heterocycles. The quantitative estimate of drug-likeness (QED) is 0.741. The van der Waals surface area contributed by atoms with Gasteiger partial charge in [0.25, 0.3) is 0 Å². The van der Waals surface area contributed by atoms with Crippen molar-refractivity contribution < 1.29 is 9.31 Å². The van der Waals surface area contributed by atoms with E-state index in [0.29, 0.717) is 0 Å². The van der Waals surface area contributed by atoms with Crippen LogP contribution in [0.4, 0.5) is 0 Å². The van der Waals surface area contributed by atoms with Gasteiger partial charge in [0, 0.05) is 11.6 Å². The number of ether oxygens (including phenoxy) is 1. The molecule has 0 bridgehead atoms. The number of nitrogens with zero attached hydrogens (tertiary/aromatic N) is 1. The number of methoxy groups -OCH3 is 1. The second kappa shape index (κ2) is 7.35. The molecule has 2 aromatic carbocycles. The Morgan fingerprint density at radius 1 is 0.840 bits per heavy atom. The molecule has 0 amide bonds. The van der Waals surface area contributed by atoms with Gasteiger partial charge in [0.1, 0.15) is 19.8 Å². The molecule has 0 spiro atoms. The second-order valence-electron chi connectivity index (χ2n) is 6.37. The molecule has 1 aliphatic carbocycles. The lowest BCUT2D eigenvalue weighted by molar-refractivity contribution is -0.463. The molecule has 0 saturated heterocycles. The van der Waals surface area contributed by atoms with Crippen LogP contribution in [0.5, 0.6) is 5.75 Å². The van der Waals surface area contributed by atoms with Gasteiger partial charge in [0.05, 0.1) is 7.11 Å². The van der Waals surface area contributed by atoms with Gasteiger partial charge in [-0.05, 0) is 53.5 Å². The Morgan fingerprint density at radius 3 is 2.04 bits per heavy atom. The van der Waals surface area contributed by atoms with Gasteiger partial charge in [-0.1, -0.05) is 42.5 Å². The fraction of sp³-hybridized carbons (Fsp3) is 0.174. The highest BCUT2D eigenvalue weighted by Crippen LogP contribution is 2.31. The van der Waals surface area contributed by atoms with Crippen LogP contribution >= 0.6 is 0 Å². The second-order valence-corrected chi connectivity index (χ2v) is 6.37. The van der Waals surface area contributed by atoms with E-state index >= 15 is 0 Å². The van der Waals surface area contributed by atoms with E-state index in [9.17, 15) is 0 Å². The first kappa shape index (κ1) is 17.0. The number of rotatable bonds is 3. The highest BCUT2D eigenvalue weighted by atomic mass is 16.5. The zero-order chi connectivity index (χ0) is 17.8. The molecule has 25 heavy (non-hydrogen) atoms. The van der Waals surface area contributed by atoms with E-state index < -0.39 is 0 Å². The van der Waals surface area contributed by atoms with Gasteiger partial charge in [-0.25, -0.2) is 4.58 Å². The summed E-state index contributed by atoms with van der Waals surface area (Å²) in [5.41, 5.74) is 7.36. The van der Waals surface area contributed by atoms with Crippen molar-refractivity contribution in [2.45, 2.75) is 6.92 Å². The Kier molecular flexibility index (Phi) is 4.99. The number of allylic oxidation sites excluding steroid dienone is 5. The van der Waals surface area contributed by atoms with E-state index in [1.165, 1.54) is 33.6 Å². The lowest BCUT2D eigenvalue weighted by atomic mass is 9.89. The van der Waals surface area contributed by atoms with Gasteiger partial charge >= 0.3 is 0 Å². The Balaban J connectivity index is 2.19. The fourth-order valence-electron chi connectivity index (χ4n) is 3.18. The van der Waals surface area contributed by atoms with E-state index in [1.807, 2.05) is 12.1 Å². The molecular weight excluding hydrogens is 306 g/mol. The lowest BCUT2D eigenvalue weighted by Crippen LogP contribution is -2.14. The van der Waals surface area contributed by atoms with E-state index in [1.54, 1.807) is 7.11 Å². The Morgan fingerprint density at radius 2 is 1.48 bits per heavy atom. The van der Waals surface area contributed by atoms with Gasteiger partial charge < -0.3 is 4.74 Å². The molecule has 0 saturated carbocycles. The molecular formula is C23H24NO+. The molecule has 0 aromatic heterocycles. The number of hydrogen-bond donors (Lipinski definition) is 0. The number of benzene rings is 2. The third kappa shape index (κ3) is 3.63. The molecule has 3 rings (SSSR count). The summed E-state index contributed by atoms with van der Waals surface area (Å²) < 4.78 is 7.45. The predicted molar refractivity (Wildman–Crippen MR) is 105 cm³/mol. The van der Waals surface area contributed by atoms with Crippen LogP contribution in [0, 0.1) is 0 Å². The van der Waals surface area contributed by atoms with Crippen molar-refractivity contribution in [3.8, 4) is 5.75 Å². The van der Waals surface area contributed by atoms with Crippen molar-refractivity contribution in [1.29, 1.82) is 0 Å². The minimum absolute atomic E-state index is 0.871. The molecule has 126 valence electrons. The SMILES string of the molecule is COc1ccc(/C(=C2/C=CC(=[N+](C)C)C(C)=C2)c2ccccc2)cc1. The van der Waals surface area contributed by atoms with Gasteiger partial charge in [-0.3, -0.25) is 0 Å². The summed E-state index contributed by atoms with van der Waals surface area (Å²) in [7, 11) is 5.85. The summed E-state index contributed by atoms with van der Waals surface area (Å²) in [5, 5.41) is 0. The highest BCUT2D eigenvalue weighted by Gasteiger charge is 2.16. The van der Waals surface area contributed by atoms with Crippen molar-refractivity contribution in [3.05, 3.63) is 95.1 Å². The van der Waals surface area contributed by atoms with Crippen molar-refractivity contribution in [2.75, 3.05) is 21.2 Å². The van der Waals surface area contributed by atoms with Crippen molar-refractivity contribution in [3.63, 3.8) is 0 Å². The minimum atomic E-state index is 0.871. The summed E-state index contributed by atoms with van der Waals surface area (Å²) in [6, 6.07) is 18.8. The summed E-state index contributed by atoms with van der Waals surface area (Å²) in [5.74, 6) is 0.871. The summed E-state index contributed by atoms with van der Waals surface area (Å²) in [6.07, 6.45) is 6.66.